The van der Waals surface area contributed by atoms with Crippen molar-refractivity contribution in [3.8, 4) is 5.75 Å². The molecular formula is C16H22N2O6Tc. The van der Waals surface area contributed by atoms with Gasteiger partial charge in [-0.05, 0) is 18.6 Å². The number of benzene rings is 1. The van der Waals surface area contributed by atoms with Crippen molar-refractivity contribution in [1.82, 2.24) is 4.90 Å². The number of carbonyl (C=O) groups excluding carboxylic acids is 1. The summed E-state index contributed by atoms with van der Waals surface area (Å²) in [6.07, 6.45) is 1.94. The number of anilines is 1. The van der Waals surface area contributed by atoms with Gasteiger partial charge in [-0.3, -0.25) is 19.3 Å². The Balaban J connectivity index is 0.00000576. The van der Waals surface area contributed by atoms with E-state index in [4.69, 9.17) is 14.9 Å². The molecule has 8 nitrogen and oxygen atoms in total. The van der Waals surface area contributed by atoms with Crippen molar-refractivity contribution in [2.75, 3.05) is 31.6 Å². The van der Waals surface area contributed by atoms with Gasteiger partial charge in [0.1, 0.15) is 5.75 Å². The van der Waals surface area contributed by atoms with Crippen molar-refractivity contribution < 1.29 is 49.4 Å². The number of amides is 1. The van der Waals surface area contributed by atoms with Crippen molar-refractivity contribution in [1.29, 1.82) is 0 Å². The third-order valence-corrected chi connectivity index (χ3v) is 2.97. The fraction of sp³-hybridized carbons (Fsp3) is 0.438. The molecular weight excluding hydrogens is 415 g/mol. The first-order valence-electron chi connectivity index (χ1n) is 7.59. The molecule has 0 aliphatic carbocycles. The SMILES string of the molecule is CCCCOc1cccc(NC(=O)CN(CC(=O)O)CC(=O)O)c1.[99Tc]. The number of carboxylic acid groups (broad SMARTS) is 2. The Hall–Kier alpha value is -1.96. The molecule has 1 rings (SSSR count). The van der Waals surface area contributed by atoms with Crippen molar-refractivity contribution in [2.45, 2.75) is 19.8 Å². The van der Waals surface area contributed by atoms with E-state index in [1.54, 1.807) is 24.3 Å². The van der Waals surface area contributed by atoms with Gasteiger partial charge in [-0.25, -0.2) is 0 Å². The molecule has 1 aromatic carbocycles. The maximum absolute atomic E-state index is 12.0. The molecule has 0 aliphatic heterocycles. The van der Waals surface area contributed by atoms with E-state index >= 15 is 0 Å². The number of hydrogen-bond donors (Lipinski definition) is 3. The molecule has 3 N–H and O–H groups in total. The van der Waals surface area contributed by atoms with Crippen LogP contribution in [-0.4, -0.2) is 59.2 Å². The van der Waals surface area contributed by atoms with E-state index in [2.05, 4.69) is 12.2 Å². The van der Waals surface area contributed by atoms with Gasteiger partial charge in [0.2, 0.25) is 5.91 Å². The van der Waals surface area contributed by atoms with E-state index in [1.165, 1.54) is 0 Å². The van der Waals surface area contributed by atoms with Crippen LogP contribution in [0.4, 0.5) is 5.69 Å². The van der Waals surface area contributed by atoms with Crippen molar-refractivity contribution in [2.24, 2.45) is 0 Å². The first-order valence-corrected chi connectivity index (χ1v) is 7.59. The quantitative estimate of drug-likeness (QED) is 0.447. The number of rotatable bonds is 11. The minimum atomic E-state index is -1.20. The first kappa shape index (κ1) is 23.0. The van der Waals surface area contributed by atoms with E-state index in [-0.39, 0.29) is 26.7 Å². The van der Waals surface area contributed by atoms with Crippen LogP contribution in [0.1, 0.15) is 19.8 Å². The Bertz CT molecular complexity index is 565. The maximum Gasteiger partial charge on any atom is 0.317 e. The molecule has 139 valence electrons. The number of unbranched alkanes of at least 4 members (excludes halogenated alkanes) is 1. The molecule has 0 atom stereocenters. The molecule has 0 aliphatic rings. The van der Waals surface area contributed by atoms with E-state index in [9.17, 15) is 14.4 Å². The summed E-state index contributed by atoms with van der Waals surface area (Å²) in [6.45, 7) is 1.25. The summed E-state index contributed by atoms with van der Waals surface area (Å²) in [7, 11) is 0. The summed E-state index contributed by atoms with van der Waals surface area (Å²) in [4.78, 5) is 34.4. The Labute approximate surface area is 159 Å². The molecule has 1 radical (unpaired) electrons. The molecule has 0 saturated carbocycles. The van der Waals surface area contributed by atoms with Gasteiger partial charge in [0.15, 0.2) is 0 Å². The first-order chi connectivity index (χ1) is 11.4. The summed E-state index contributed by atoms with van der Waals surface area (Å²) in [5.41, 5.74) is 0.500. The standard InChI is InChI=1S/C16H22N2O6.Tc/c1-2-3-7-24-13-6-4-5-12(8-13)17-14(19)9-18(10-15(20)21)11-16(22)23;/h4-6,8H,2-3,7,9-11H2,1H3,(H,17,19)(H,20,21)(H,22,23);/i;1+1. The normalized spacial score (nSPS) is 10.0. The average molecular weight is 437 g/mol. The number of aliphatic carboxylic acids is 2. The van der Waals surface area contributed by atoms with Gasteiger partial charge in [-0.2, -0.15) is 0 Å². The maximum atomic E-state index is 12.0. The van der Waals surface area contributed by atoms with Gasteiger partial charge in [0, 0.05) is 31.9 Å². The third kappa shape index (κ3) is 10.5. The predicted molar refractivity (Wildman–Crippen MR) is 87.2 cm³/mol. The summed E-state index contributed by atoms with van der Waals surface area (Å²) in [5, 5.41) is 20.1. The van der Waals surface area contributed by atoms with Gasteiger partial charge in [-0.15, -0.1) is 0 Å². The summed E-state index contributed by atoms with van der Waals surface area (Å²) in [5.74, 6) is -2.27. The third-order valence-electron chi connectivity index (χ3n) is 2.97. The van der Waals surface area contributed by atoms with Gasteiger partial charge in [-0.1, -0.05) is 19.4 Å². The largest absolute Gasteiger partial charge is 0.494 e. The smallest absolute Gasteiger partial charge is 0.317 e. The molecule has 0 aromatic heterocycles. The number of carboxylic acids is 2. The predicted octanol–water partition coefficient (Wildman–Crippen LogP) is 1.27. The molecule has 0 fully saturated rings. The van der Waals surface area contributed by atoms with Crippen molar-refractivity contribution in [3.63, 3.8) is 0 Å². The Morgan fingerprint density at radius 3 is 2.32 bits per heavy atom. The minimum Gasteiger partial charge on any atom is -0.494 e. The van der Waals surface area contributed by atoms with E-state index in [0.29, 0.717) is 18.0 Å². The summed E-state index contributed by atoms with van der Waals surface area (Å²) >= 11 is 0. The molecule has 1 amide bonds. The molecule has 0 saturated heterocycles. The van der Waals surface area contributed by atoms with Gasteiger partial charge < -0.3 is 20.3 Å². The van der Waals surface area contributed by atoms with Crippen molar-refractivity contribution >= 4 is 23.5 Å². The van der Waals surface area contributed by atoms with E-state index < -0.39 is 30.9 Å². The van der Waals surface area contributed by atoms with Crippen LogP contribution in [0.5, 0.6) is 5.75 Å². The van der Waals surface area contributed by atoms with Crippen LogP contribution in [0.25, 0.3) is 0 Å². The summed E-state index contributed by atoms with van der Waals surface area (Å²) < 4.78 is 5.54. The van der Waals surface area contributed by atoms with Crippen LogP contribution >= 0.6 is 0 Å². The van der Waals surface area contributed by atoms with Crippen LogP contribution in [-0.2, 0) is 34.5 Å². The molecule has 9 heteroatoms. The van der Waals surface area contributed by atoms with E-state index in [0.717, 1.165) is 17.7 Å². The minimum absolute atomic E-state index is 0. The van der Waals surface area contributed by atoms with E-state index in [1.807, 2.05) is 0 Å². The van der Waals surface area contributed by atoms with Crippen LogP contribution in [0.15, 0.2) is 24.3 Å². The van der Waals surface area contributed by atoms with Gasteiger partial charge >= 0.3 is 11.9 Å². The number of nitrogens with zero attached hydrogens (tertiary/aromatic N) is 1. The zero-order valence-corrected chi connectivity index (χ0v) is 15.8. The average Bonchev–Trinajstić information content (AvgIpc) is 2.46. The number of hydrogen-bond acceptors (Lipinski definition) is 5. The van der Waals surface area contributed by atoms with Crippen LogP contribution < -0.4 is 10.1 Å². The molecule has 0 bridgehead atoms. The second-order valence-electron chi connectivity index (χ2n) is 5.21. The zero-order chi connectivity index (χ0) is 17.9. The molecule has 25 heavy (non-hydrogen) atoms. The Morgan fingerprint density at radius 2 is 1.76 bits per heavy atom. The Morgan fingerprint density at radius 1 is 1.12 bits per heavy atom. The monoisotopic (exact) mass is 437 g/mol. The topological polar surface area (TPSA) is 116 Å². The summed E-state index contributed by atoms with van der Waals surface area (Å²) in [6, 6.07) is 6.82. The van der Waals surface area contributed by atoms with Crippen LogP contribution in [0, 0.1) is 0 Å². The van der Waals surface area contributed by atoms with Crippen LogP contribution in [0.2, 0.25) is 0 Å². The number of nitrogens with one attached hydrogen (secondary N) is 1. The number of ether oxygens (including phenoxy) is 1. The molecule has 0 heterocycles. The van der Waals surface area contributed by atoms with Crippen molar-refractivity contribution in [3.05, 3.63) is 24.3 Å². The number of carbonyl (C=O) groups is 3. The molecule has 0 spiro atoms. The molecule has 0 unspecified atom stereocenters. The fourth-order valence-electron chi connectivity index (χ4n) is 1.95. The van der Waals surface area contributed by atoms with Gasteiger partial charge in [0.25, 0.3) is 0 Å². The second-order valence-corrected chi connectivity index (χ2v) is 5.21. The van der Waals surface area contributed by atoms with Gasteiger partial charge in [0.05, 0.1) is 26.2 Å². The fourth-order valence-corrected chi connectivity index (χ4v) is 1.95. The second kappa shape index (κ2) is 12.4. The van der Waals surface area contributed by atoms with Crippen LogP contribution in [0.3, 0.4) is 0 Å². The Kier molecular flexibility index (Phi) is 11.4. The molecule has 1 aromatic rings. The zero-order valence-electron chi connectivity index (χ0n) is 13.9.